The molecular formula is C13H24N4O2S. The molecule has 1 aromatic rings. The summed E-state index contributed by atoms with van der Waals surface area (Å²) in [6, 6.07) is 0. The van der Waals surface area contributed by atoms with Gasteiger partial charge in [0.1, 0.15) is 5.82 Å². The van der Waals surface area contributed by atoms with Gasteiger partial charge < -0.3 is 9.88 Å². The largest absolute Gasteiger partial charge is 0.332 e. The van der Waals surface area contributed by atoms with Crippen LogP contribution in [0.1, 0.15) is 32.0 Å². The summed E-state index contributed by atoms with van der Waals surface area (Å²) in [5, 5.41) is 0.139. The van der Waals surface area contributed by atoms with Gasteiger partial charge in [-0.25, -0.2) is 18.1 Å². The Bertz CT molecular complexity index is 520. The summed E-state index contributed by atoms with van der Waals surface area (Å²) in [4.78, 5) is 9.09. The van der Waals surface area contributed by atoms with Crippen molar-refractivity contribution in [2.45, 2.75) is 38.1 Å². The van der Waals surface area contributed by atoms with E-state index in [-0.39, 0.29) is 5.03 Å². The Morgan fingerprint density at radius 2 is 2.10 bits per heavy atom. The number of piperidine rings is 1. The number of likely N-dealkylation sites (tertiary alicyclic amines) is 1. The van der Waals surface area contributed by atoms with Crippen molar-refractivity contribution in [3.8, 4) is 0 Å². The molecule has 2 heterocycles. The summed E-state index contributed by atoms with van der Waals surface area (Å²) in [6.07, 6.45) is 5.18. The lowest BCUT2D eigenvalue weighted by molar-refractivity contribution is 0.201. The molecule has 0 radical (unpaired) electrons. The molecule has 2 rings (SSSR count). The molecule has 2 N–H and O–H groups in total. The molecule has 1 saturated heterocycles. The second kappa shape index (κ2) is 6.69. The van der Waals surface area contributed by atoms with Crippen LogP contribution in [-0.2, 0) is 10.0 Å². The van der Waals surface area contributed by atoms with Crippen molar-refractivity contribution in [1.29, 1.82) is 0 Å². The third-order valence-corrected chi connectivity index (χ3v) is 4.94. The molecule has 114 valence electrons. The normalized spacial score (nSPS) is 19.1. The molecule has 1 unspecified atom stereocenters. The maximum Gasteiger partial charge on any atom is 0.257 e. The average Bonchev–Trinajstić information content (AvgIpc) is 2.85. The van der Waals surface area contributed by atoms with Gasteiger partial charge in [0.15, 0.2) is 5.03 Å². The Labute approximate surface area is 121 Å². The molecule has 1 atom stereocenters. The van der Waals surface area contributed by atoms with E-state index in [1.807, 2.05) is 0 Å². The van der Waals surface area contributed by atoms with E-state index in [4.69, 9.17) is 0 Å². The monoisotopic (exact) mass is 300 g/mol. The smallest absolute Gasteiger partial charge is 0.257 e. The number of aromatic nitrogens is 2. The number of nitrogens with zero attached hydrogens (tertiary/aromatic N) is 2. The van der Waals surface area contributed by atoms with Crippen molar-refractivity contribution >= 4 is 10.0 Å². The predicted molar refractivity (Wildman–Crippen MR) is 78.0 cm³/mol. The van der Waals surface area contributed by atoms with Crippen molar-refractivity contribution in [1.82, 2.24) is 19.6 Å². The van der Waals surface area contributed by atoms with Gasteiger partial charge in [0.2, 0.25) is 0 Å². The van der Waals surface area contributed by atoms with Crippen molar-refractivity contribution < 1.29 is 8.42 Å². The number of hydrogen-bond donors (Lipinski definition) is 2. The number of rotatable bonds is 6. The number of imidazole rings is 1. The standard InChI is InChI=1S/C13H24N4O2S/c1-11(10-17-6-4-3-5-7-17)8-15-20(18,19)13-9-14-12(2)16-13/h9,11,15H,3-8,10H2,1-2H3,(H,14,16). The molecule has 1 aliphatic heterocycles. The van der Waals surface area contributed by atoms with Gasteiger partial charge in [0.05, 0.1) is 6.20 Å². The van der Waals surface area contributed by atoms with Crippen molar-refractivity contribution in [2.75, 3.05) is 26.2 Å². The maximum absolute atomic E-state index is 12.0. The SMILES string of the molecule is Cc1ncc(S(=O)(=O)NCC(C)CN2CCCCC2)[nH]1. The lowest BCUT2D eigenvalue weighted by Crippen LogP contribution is -2.38. The molecule has 7 heteroatoms. The van der Waals surface area contributed by atoms with Crippen molar-refractivity contribution in [3.63, 3.8) is 0 Å². The Morgan fingerprint density at radius 3 is 2.70 bits per heavy atom. The fourth-order valence-electron chi connectivity index (χ4n) is 2.51. The van der Waals surface area contributed by atoms with E-state index in [2.05, 4.69) is 26.5 Å². The number of aromatic amines is 1. The molecule has 1 aromatic heterocycles. The van der Waals surface area contributed by atoms with Crippen LogP contribution in [0.2, 0.25) is 0 Å². The van der Waals surface area contributed by atoms with E-state index in [1.165, 1.54) is 25.5 Å². The van der Waals surface area contributed by atoms with E-state index >= 15 is 0 Å². The highest BCUT2D eigenvalue weighted by atomic mass is 32.2. The fourth-order valence-corrected chi connectivity index (χ4v) is 3.64. The predicted octanol–water partition coefficient (Wildman–Crippen LogP) is 1.12. The summed E-state index contributed by atoms with van der Waals surface area (Å²) >= 11 is 0. The van der Waals surface area contributed by atoms with Crippen LogP contribution in [0, 0.1) is 12.8 Å². The third-order valence-electron chi connectivity index (χ3n) is 3.61. The van der Waals surface area contributed by atoms with Gasteiger partial charge in [0.25, 0.3) is 10.0 Å². The Balaban J connectivity index is 1.81. The second-order valence-corrected chi connectivity index (χ2v) is 7.39. The van der Waals surface area contributed by atoms with Gasteiger partial charge in [-0.05, 0) is 38.8 Å². The third kappa shape index (κ3) is 4.29. The van der Waals surface area contributed by atoms with Crippen LogP contribution in [0.25, 0.3) is 0 Å². The zero-order valence-electron chi connectivity index (χ0n) is 12.2. The molecule has 0 amide bonds. The summed E-state index contributed by atoms with van der Waals surface area (Å²) < 4.78 is 26.7. The second-order valence-electron chi connectivity index (χ2n) is 5.65. The minimum absolute atomic E-state index is 0.139. The summed E-state index contributed by atoms with van der Waals surface area (Å²) in [5.74, 6) is 0.902. The minimum Gasteiger partial charge on any atom is -0.332 e. The lowest BCUT2D eigenvalue weighted by atomic mass is 10.1. The number of H-pyrrole nitrogens is 1. The first-order valence-corrected chi connectivity index (χ1v) is 8.69. The Morgan fingerprint density at radius 1 is 1.40 bits per heavy atom. The first kappa shape index (κ1) is 15.5. The van der Waals surface area contributed by atoms with Crippen LogP contribution in [0.4, 0.5) is 0 Å². The van der Waals surface area contributed by atoms with E-state index < -0.39 is 10.0 Å². The highest BCUT2D eigenvalue weighted by molar-refractivity contribution is 7.89. The zero-order valence-corrected chi connectivity index (χ0v) is 13.0. The molecule has 6 nitrogen and oxygen atoms in total. The number of sulfonamides is 1. The fraction of sp³-hybridized carbons (Fsp3) is 0.769. The van der Waals surface area contributed by atoms with Crippen LogP contribution in [0.15, 0.2) is 11.2 Å². The van der Waals surface area contributed by atoms with Gasteiger partial charge >= 0.3 is 0 Å². The van der Waals surface area contributed by atoms with E-state index in [0.717, 1.165) is 19.6 Å². The topological polar surface area (TPSA) is 78.1 Å². The van der Waals surface area contributed by atoms with Gasteiger partial charge in [-0.15, -0.1) is 0 Å². The summed E-state index contributed by atoms with van der Waals surface area (Å²) in [5.41, 5.74) is 0. The molecule has 1 fully saturated rings. The summed E-state index contributed by atoms with van der Waals surface area (Å²) in [6.45, 7) is 7.49. The highest BCUT2D eigenvalue weighted by Gasteiger charge is 2.19. The average molecular weight is 300 g/mol. The number of nitrogens with one attached hydrogen (secondary N) is 2. The van der Waals surface area contributed by atoms with Crippen LogP contribution in [-0.4, -0.2) is 49.5 Å². The van der Waals surface area contributed by atoms with Crippen LogP contribution in [0.3, 0.4) is 0 Å². The van der Waals surface area contributed by atoms with Crippen LogP contribution in [0.5, 0.6) is 0 Å². The van der Waals surface area contributed by atoms with Gasteiger partial charge in [-0.3, -0.25) is 0 Å². The molecule has 20 heavy (non-hydrogen) atoms. The number of hydrogen-bond acceptors (Lipinski definition) is 4. The van der Waals surface area contributed by atoms with Gasteiger partial charge in [-0.2, -0.15) is 0 Å². The highest BCUT2D eigenvalue weighted by Crippen LogP contribution is 2.11. The quantitative estimate of drug-likeness (QED) is 0.825. The van der Waals surface area contributed by atoms with Crippen LogP contribution < -0.4 is 4.72 Å². The van der Waals surface area contributed by atoms with E-state index in [0.29, 0.717) is 18.3 Å². The molecule has 0 aromatic carbocycles. The molecule has 0 spiro atoms. The van der Waals surface area contributed by atoms with Crippen molar-refractivity contribution in [2.24, 2.45) is 5.92 Å². The van der Waals surface area contributed by atoms with Gasteiger partial charge in [0, 0.05) is 13.1 Å². The molecule has 0 aliphatic carbocycles. The van der Waals surface area contributed by atoms with Gasteiger partial charge in [-0.1, -0.05) is 13.3 Å². The zero-order chi connectivity index (χ0) is 14.6. The van der Waals surface area contributed by atoms with E-state index in [1.54, 1.807) is 6.92 Å². The molecule has 0 saturated carbocycles. The van der Waals surface area contributed by atoms with Crippen LogP contribution >= 0.6 is 0 Å². The Kier molecular flexibility index (Phi) is 5.17. The maximum atomic E-state index is 12.0. The first-order chi connectivity index (χ1) is 9.47. The minimum atomic E-state index is -3.46. The molecular weight excluding hydrogens is 276 g/mol. The molecule has 1 aliphatic rings. The first-order valence-electron chi connectivity index (χ1n) is 7.21. The van der Waals surface area contributed by atoms with E-state index in [9.17, 15) is 8.42 Å². The molecule has 0 bridgehead atoms. The Hall–Kier alpha value is -0.920. The summed E-state index contributed by atoms with van der Waals surface area (Å²) in [7, 11) is -3.46. The lowest BCUT2D eigenvalue weighted by Gasteiger charge is -2.29. The number of aryl methyl sites for hydroxylation is 1. The van der Waals surface area contributed by atoms with Crippen molar-refractivity contribution in [3.05, 3.63) is 12.0 Å².